The summed E-state index contributed by atoms with van der Waals surface area (Å²) in [6.45, 7) is 7.86. The maximum atomic E-state index is 12.8. The molecule has 0 unspecified atom stereocenters. The molecule has 0 radical (unpaired) electrons. The lowest BCUT2D eigenvalue weighted by Crippen LogP contribution is -2.36. The molecule has 0 saturated heterocycles. The van der Waals surface area contributed by atoms with E-state index in [9.17, 15) is 25.2 Å². The fourth-order valence-corrected chi connectivity index (χ4v) is 3.55. The van der Waals surface area contributed by atoms with Gasteiger partial charge in [-0.3, -0.25) is 4.79 Å². The molecule has 0 fully saturated rings. The summed E-state index contributed by atoms with van der Waals surface area (Å²) in [5.74, 6) is -1.21. The van der Waals surface area contributed by atoms with Crippen molar-refractivity contribution in [2.75, 3.05) is 0 Å². The van der Waals surface area contributed by atoms with Crippen molar-refractivity contribution < 1.29 is 30.0 Å². The van der Waals surface area contributed by atoms with Gasteiger partial charge in [0, 0.05) is 12.1 Å². The van der Waals surface area contributed by atoms with Crippen molar-refractivity contribution in [3.63, 3.8) is 0 Å². The molecular weight excluding hydrogens is 396 g/mol. The molecule has 1 aliphatic rings. The minimum Gasteiger partial charge on any atom is -0.508 e. The highest BCUT2D eigenvalue weighted by Crippen LogP contribution is 2.42. The van der Waals surface area contributed by atoms with Gasteiger partial charge in [-0.15, -0.1) is 0 Å². The molecule has 2 atom stereocenters. The van der Waals surface area contributed by atoms with Crippen LogP contribution in [-0.4, -0.2) is 32.3 Å². The molecule has 3 rings (SSSR count). The number of Topliss-reactive ketones (excluding diaryl/α,β-unsaturated/α-hetero) is 1. The van der Waals surface area contributed by atoms with Gasteiger partial charge in [0.2, 0.25) is 5.78 Å². The number of hydrogen-bond donors (Lipinski definition) is 4. The summed E-state index contributed by atoms with van der Waals surface area (Å²) in [4.78, 5) is 12.8. The van der Waals surface area contributed by atoms with Gasteiger partial charge in [-0.05, 0) is 69.4 Å². The van der Waals surface area contributed by atoms with E-state index in [1.165, 1.54) is 6.07 Å². The van der Waals surface area contributed by atoms with Crippen molar-refractivity contribution in [3.05, 3.63) is 69.8 Å². The van der Waals surface area contributed by atoms with Crippen LogP contribution in [0.1, 0.15) is 60.8 Å². The third-order valence-electron chi connectivity index (χ3n) is 5.20. The lowest BCUT2D eigenvalue weighted by atomic mass is 9.89. The summed E-state index contributed by atoms with van der Waals surface area (Å²) in [5, 5.41) is 41.3. The number of aliphatic hydroxyl groups is 1. The van der Waals surface area contributed by atoms with Crippen molar-refractivity contribution in [2.24, 2.45) is 0 Å². The molecule has 0 aliphatic carbocycles. The third kappa shape index (κ3) is 4.75. The number of aliphatic hydroxyl groups excluding tert-OH is 1. The first-order valence-electron chi connectivity index (χ1n) is 10.1. The van der Waals surface area contributed by atoms with Crippen LogP contribution in [0.5, 0.6) is 23.0 Å². The summed E-state index contributed by atoms with van der Waals surface area (Å²) in [5.41, 5.74) is 3.88. The highest BCUT2D eigenvalue weighted by atomic mass is 16.5. The molecule has 0 amide bonds. The van der Waals surface area contributed by atoms with E-state index < -0.39 is 23.7 Å². The summed E-state index contributed by atoms with van der Waals surface area (Å²) in [6.07, 6.45) is 2.35. The van der Waals surface area contributed by atoms with E-state index in [1.54, 1.807) is 12.1 Å². The number of phenols is 3. The Hall–Kier alpha value is -3.25. The molecule has 0 aromatic heterocycles. The molecule has 2 aromatic rings. The molecule has 164 valence electrons. The zero-order valence-electron chi connectivity index (χ0n) is 18.1. The second kappa shape index (κ2) is 8.86. The van der Waals surface area contributed by atoms with E-state index in [4.69, 9.17) is 4.74 Å². The van der Waals surface area contributed by atoms with Crippen molar-refractivity contribution in [2.45, 2.75) is 52.7 Å². The zero-order chi connectivity index (χ0) is 22.9. The topological polar surface area (TPSA) is 107 Å². The zero-order valence-corrected chi connectivity index (χ0v) is 18.1. The Kier molecular flexibility index (Phi) is 6.41. The Balaban J connectivity index is 2.10. The molecule has 6 heteroatoms. The SMILES string of the molecule is CC(C)=CCc1cc([C@@H]2Oc3cc(O)cc(O)c3C(=O)[C@H]2O)cc(CC=C(C)C)c1O. The third-order valence-corrected chi connectivity index (χ3v) is 5.20. The lowest BCUT2D eigenvalue weighted by molar-refractivity contribution is 0.0210. The number of ketones is 1. The predicted octanol–water partition coefficient (Wildman–Crippen LogP) is 4.50. The molecule has 31 heavy (non-hydrogen) atoms. The predicted molar refractivity (Wildman–Crippen MR) is 118 cm³/mol. The largest absolute Gasteiger partial charge is 0.508 e. The highest BCUT2D eigenvalue weighted by Gasteiger charge is 2.39. The maximum absolute atomic E-state index is 12.8. The fourth-order valence-electron chi connectivity index (χ4n) is 3.55. The number of carbonyl (C=O) groups is 1. The number of rotatable bonds is 5. The van der Waals surface area contributed by atoms with E-state index in [-0.39, 0.29) is 22.8 Å². The van der Waals surface area contributed by atoms with Crippen molar-refractivity contribution >= 4 is 5.78 Å². The van der Waals surface area contributed by atoms with E-state index in [1.807, 2.05) is 39.8 Å². The number of hydrogen-bond acceptors (Lipinski definition) is 6. The molecule has 1 aliphatic heterocycles. The van der Waals surface area contributed by atoms with E-state index in [2.05, 4.69) is 0 Å². The van der Waals surface area contributed by atoms with Gasteiger partial charge in [0.15, 0.2) is 12.2 Å². The quantitative estimate of drug-likeness (QED) is 0.527. The minimum atomic E-state index is -1.54. The van der Waals surface area contributed by atoms with Crippen LogP contribution >= 0.6 is 0 Å². The minimum absolute atomic E-state index is 0.00238. The van der Waals surface area contributed by atoms with Crippen LogP contribution in [0.2, 0.25) is 0 Å². The molecule has 0 bridgehead atoms. The maximum Gasteiger partial charge on any atom is 0.202 e. The van der Waals surface area contributed by atoms with E-state index in [0.29, 0.717) is 29.5 Å². The molecule has 0 spiro atoms. The number of allylic oxidation sites excluding steroid dienone is 4. The molecular formula is C25H28O6. The average molecular weight is 424 g/mol. The van der Waals surface area contributed by atoms with Crippen molar-refractivity contribution in [3.8, 4) is 23.0 Å². The second-order valence-corrected chi connectivity index (χ2v) is 8.34. The first-order chi connectivity index (χ1) is 14.6. The smallest absolute Gasteiger partial charge is 0.202 e. The highest BCUT2D eigenvalue weighted by molar-refractivity contribution is 6.05. The van der Waals surface area contributed by atoms with E-state index >= 15 is 0 Å². The number of benzene rings is 2. The van der Waals surface area contributed by atoms with Crippen LogP contribution in [0, 0.1) is 0 Å². The Morgan fingerprint density at radius 2 is 1.48 bits per heavy atom. The lowest BCUT2D eigenvalue weighted by Gasteiger charge is -2.31. The average Bonchev–Trinajstić information content (AvgIpc) is 2.68. The number of aromatic hydroxyl groups is 3. The first-order valence-corrected chi connectivity index (χ1v) is 10.1. The van der Waals surface area contributed by atoms with Crippen molar-refractivity contribution in [1.29, 1.82) is 0 Å². The second-order valence-electron chi connectivity index (χ2n) is 8.34. The summed E-state index contributed by atoms with van der Waals surface area (Å²) < 4.78 is 5.86. The van der Waals surface area contributed by atoms with Gasteiger partial charge in [-0.2, -0.15) is 0 Å². The van der Waals surface area contributed by atoms with Gasteiger partial charge >= 0.3 is 0 Å². The van der Waals surface area contributed by atoms with Crippen LogP contribution in [0.4, 0.5) is 0 Å². The summed E-state index contributed by atoms with van der Waals surface area (Å²) in [7, 11) is 0. The van der Waals surface area contributed by atoms with Gasteiger partial charge in [0.05, 0.1) is 0 Å². The van der Waals surface area contributed by atoms with Crippen LogP contribution in [-0.2, 0) is 12.8 Å². The molecule has 4 N–H and O–H groups in total. The van der Waals surface area contributed by atoms with Gasteiger partial charge in [-0.1, -0.05) is 23.3 Å². The molecule has 1 heterocycles. The summed E-state index contributed by atoms with van der Waals surface area (Å²) in [6, 6.07) is 5.70. The first kappa shape index (κ1) is 22.4. The molecule has 2 aromatic carbocycles. The monoisotopic (exact) mass is 424 g/mol. The van der Waals surface area contributed by atoms with Crippen LogP contribution in [0.15, 0.2) is 47.6 Å². The van der Waals surface area contributed by atoms with Crippen LogP contribution in [0.25, 0.3) is 0 Å². The molecule has 0 saturated carbocycles. The summed E-state index contributed by atoms with van der Waals surface area (Å²) >= 11 is 0. The standard InChI is InChI=1S/C25H28O6/c1-13(2)5-7-15-9-17(10-16(22(15)28)8-6-14(3)4)25-24(30)23(29)21-19(27)11-18(26)12-20(21)31-25/h5-6,9-12,24-28,30H,7-8H2,1-4H3/t24-,25+/m1/s1. The normalized spacial score (nSPS) is 17.5. The fraction of sp³-hybridized carbons (Fsp3) is 0.320. The Bertz CT molecular complexity index is 1030. The van der Waals surface area contributed by atoms with Gasteiger partial charge in [0.25, 0.3) is 0 Å². The molecule has 6 nitrogen and oxygen atoms in total. The number of carbonyl (C=O) groups excluding carboxylic acids is 1. The van der Waals surface area contributed by atoms with Gasteiger partial charge in [0.1, 0.15) is 28.6 Å². The Morgan fingerprint density at radius 1 is 0.935 bits per heavy atom. The number of phenolic OH excluding ortho intramolecular Hbond substituents is 3. The number of ether oxygens (including phenoxy) is 1. The van der Waals surface area contributed by atoms with Crippen molar-refractivity contribution in [1.82, 2.24) is 0 Å². The Labute approximate surface area is 181 Å². The Morgan fingerprint density at radius 3 is 2.00 bits per heavy atom. The van der Waals surface area contributed by atoms with Crippen LogP contribution < -0.4 is 4.74 Å². The van der Waals surface area contributed by atoms with Gasteiger partial charge in [-0.25, -0.2) is 0 Å². The van der Waals surface area contributed by atoms with E-state index in [0.717, 1.165) is 17.2 Å². The number of fused-ring (bicyclic) bond motifs is 1. The van der Waals surface area contributed by atoms with Crippen LogP contribution in [0.3, 0.4) is 0 Å². The van der Waals surface area contributed by atoms with Gasteiger partial charge < -0.3 is 25.2 Å².